The fraction of sp³-hybridized carbons (Fsp3) is 0.375. The summed E-state index contributed by atoms with van der Waals surface area (Å²) in [5, 5.41) is 2.92. The van der Waals surface area contributed by atoms with Crippen LogP contribution in [-0.2, 0) is 10.2 Å². The molecule has 6 nitrogen and oxygen atoms in total. The van der Waals surface area contributed by atoms with Gasteiger partial charge in [-0.15, -0.1) is 0 Å². The number of fused-ring (bicyclic) bond motifs is 2. The van der Waals surface area contributed by atoms with Crippen LogP contribution in [0, 0.1) is 6.92 Å². The molecule has 1 spiro atoms. The summed E-state index contributed by atoms with van der Waals surface area (Å²) in [5.41, 5.74) is 1.64. The highest BCUT2D eigenvalue weighted by atomic mass is 16.2. The number of piperidine rings is 1. The molecule has 2 aromatic heterocycles. The van der Waals surface area contributed by atoms with Crippen LogP contribution in [-0.4, -0.2) is 33.9 Å². The molecule has 1 saturated heterocycles. The minimum Gasteiger partial charge on any atom is -0.341 e. The summed E-state index contributed by atoms with van der Waals surface area (Å²) in [6.45, 7) is 3.51. The summed E-state index contributed by atoms with van der Waals surface area (Å²) in [6, 6.07) is 3.91. The molecule has 112 valence electrons. The molecule has 0 radical (unpaired) electrons. The Labute approximate surface area is 128 Å². The number of hydrogen-bond acceptors (Lipinski definition) is 5. The van der Waals surface area contributed by atoms with Crippen molar-refractivity contribution in [3.05, 3.63) is 41.9 Å². The second kappa shape index (κ2) is 4.76. The second-order valence-electron chi connectivity index (χ2n) is 5.98. The second-order valence-corrected chi connectivity index (χ2v) is 5.98. The minimum absolute atomic E-state index is 0.0747. The molecule has 1 N–H and O–H groups in total. The van der Waals surface area contributed by atoms with Crippen LogP contribution < -0.4 is 10.2 Å². The van der Waals surface area contributed by atoms with Gasteiger partial charge in [0.05, 0.1) is 5.41 Å². The van der Waals surface area contributed by atoms with Crippen molar-refractivity contribution in [2.24, 2.45) is 0 Å². The Balaban J connectivity index is 1.59. The molecule has 0 atom stereocenters. The maximum atomic E-state index is 12.5. The molecule has 0 saturated carbocycles. The monoisotopic (exact) mass is 295 g/mol. The van der Waals surface area contributed by atoms with E-state index in [2.05, 4.69) is 25.2 Å². The van der Waals surface area contributed by atoms with E-state index in [0.717, 1.165) is 43.0 Å². The van der Waals surface area contributed by atoms with E-state index in [1.54, 1.807) is 6.20 Å². The number of nitrogens with zero attached hydrogens (tertiary/aromatic N) is 4. The molecular formula is C16H17N5O. The highest BCUT2D eigenvalue weighted by molar-refractivity contribution is 6.05. The molecule has 22 heavy (non-hydrogen) atoms. The lowest BCUT2D eigenvalue weighted by Gasteiger charge is -2.37. The van der Waals surface area contributed by atoms with E-state index in [9.17, 15) is 4.79 Å². The van der Waals surface area contributed by atoms with Crippen molar-refractivity contribution in [3.8, 4) is 0 Å². The number of pyridine rings is 1. The van der Waals surface area contributed by atoms with E-state index >= 15 is 0 Å². The summed E-state index contributed by atoms with van der Waals surface area (Å²) in [6.07, 6.45) is 6.89. The zero-order valence-corrected chi connectivity index (χ0v) is 12.4. The van der Waals surface area contributed by atoms with E-state index in [0.29, 0.717) is 5.82 Å². The quantitative estimate of drug-likeness (QED) is 0.866. The van der Waals surface area contributed by atoms with Gasteiger partial charge in [0.15, 0.2) is 0 Å². The van der Waals surface area contributed by atoms with Gasteiger partial charge in [0.1, 0.15) is 5.82 Å². The number of anilines is 2. The van der Waals surface area contributed by atoms with E-state index in [4.69, 9.17) is 0 Å². The number of carbonyl (C=O) groups excluding carboxylic acids is 1. The summed E-state index contributed by atoms with van der Waals surface area (Å²) >= 11 is 0. The van der Waals surface area contributed by atoms with Gasteiger partial charge in [0.2, 0.25) is 11.9 Å². The highest BCUT2D eigenvalue weighted by Crippen LogP contribution is 2.44. The predicted molar refractivity (Wildman–Crippen MR) is 82.8 cm³/mol. The number of aromatic nitrogens is 3. The summed E-state index contributed by atoms with van der Waals surface area (Å²) in [7, 11) is 0. The molecule has 0 unspecified atom stereocenters. The Morgan fingerprint density at radius 2 is 1.91 bits per heavy atom. The first kappa shape index (κ1) is 13.2. The standard InChI is InChI=1S/C16H17N5O/c1-11-9-18-15(19-10-11)21-7-4-16(5-8-21)12-3-2-6-17-13(12)20-14(16)22/h2-3,6,9-10H,4-5,7-8H2,1H3,(H,17,20,22). The van der Waals surface area contributed by atoms with Crippen LogP contribution in [0.3, 0.4) is 0 Å². The first-order valence-electron chi connectivity index (χ1n) is 7.50. The van der Waals surface area contributed by atoms with E-state index in [1.807, 2.05) is 31.5 Å². The van der Waals surface area contributed by atoms with E-state index < -0.39 is 5.41 Å². The zero-order valence-electron chi connectivity index (χ0n) is 12.4. The first-order valence-corrected chi connectivity index (χ1v) is 7.50. The van der Waals surface area contributed by atoms with Crippen molar-refractivity contribution in [1.82, 2.24) is 15.0 Å². The molecule has 2 aliphatic heterocycles. The zero-order chi connectivity index (χ0) is 15.2. The summed E-state index contributed by atoms with van der Waals surface area (Å²) < 4.78 is 0. The highest BCUT2D eigenvalue weighted by Gasteiger charge is 2.49. The third-order valence-electron chi connectivity index (χ3n) is 4.66. The maximum Gasteiger partial charge on any atom is 0.236 e. The van der Waals surface area contributed by atoms with Gasteiger partial charge in [-0.2, -0.15) is 0 Å². The van der Waals surface area contributed by atoms with Gasteiger partial charge in [0, 0.05) is 37.2 Å². The lowest BCUT2D eigenvalue weighted by Crippen LogP contribution is -2.47. The first-order chi connectivity index (χ1) is 10.7. The smallest absolute Gasteiger partial charge is 0.236 e. The van der Waals surface area contributed by atoms with Gasteiger partial charge < -0.3 is 10.2 Å². The van der Waals surface area contributed by atoms with Crippen molar-refractivity contribution >= 4 is 17.7 Å². The Hall–Kier alpha value is -2.50. The Morgan fingerprint density at radius 1 is 1.18 bits per heavy atom. The van der Waals surface area contributed by atoms with Crippen molar-refractivity contribution in [3.63, 3.8) is 0 Å². The van der Waals surface area contributed by atoms with Crippen molar-refractivity contribution in [1.29, 1.82) is 0 Å². The fourth-order valence-electron chi connectivity index (χ4n) is 3.37. The van der Waals surface area contributed by atoms with E-state index in [-0.39, 0.29) is 5.91 Å². The number of nitrogens with one attached hydrogen (secondary N) is 1. The average Bonchev–Trinajstić information content (AvgIpc) is 2.82. The number of amides is 1. The van der Waals surface area contributed by atoms with Crippen LogP contribution in [0.4, 0.5) is 11.8 Å². The van der Waals surface area contributed by atoms with Gasteiger partial charge >= 0.3 is 0 Å². The van der Waals surface area contributed by atoms with Crippen LogP contribution in [0.15, 0.2) is 30.7 Å². The van der Waals surface area contributed by atoms with Crippen molar-refractivity contribution < 1.29 is 4.79 Å². The Morgan fingerprint density at radius 3 is 2.64 bits per heavy atom. The molecule has 4 heterocycles. The Kier molecular flexibility index (Phi) is 2.85. The van der Waals surface area contributed by atoms with Crippen LogP contribution in [0.1, 0.15) is 24.0 Å². The van der Waals surface area contributed by atoms with Gasteiger partial charge in [-0.05, 0) is 31.4 Å². The van der Waals surface area contributed by atoms with Crippen LogP contribution in [0.2, 0.25) is 0 Å². The third-order valence-corrected chi connectivity index (χ3v) is 4.66. The average molecular weight is 295 g/mol. The van der Waals surface area contributed by atoms with E-state index in [1.165, 1.54) is 0 Å². The van der Waals surface area contributed by atoms with Crippen molar-refractivity contribution in [2.75, 3.05) is 23.3 Å². The number of rotatable bonds is 1. The third kappa shape index (κ3) is 1.87. The summed E-state index contributed by atoms with van der Waals surface area (Å²) in [5.74, 6) is 1.53. The molecule has 4 rings (SSSR count). The van der Waals surface area contributed by atoms with Crippen LogP contribution in [0.5, 0.6) is 0 Å². The number of aryl methyl sites for hydroxylation is 1. The molecule has 0 aromatic carbocycles. The largest absolute Gasteiger partial charge is 0.341 e. The topological polar surface area (TPSA) is 71.0 Å². The molecule has 6 heteroatoms. The van der Waals surface area contributed by atoms with Gasteiger partial charge in [-0.1, -0.05) is 6.07 Å². The molecule has 0 bridgehead atoms. The lowest BCUT2D eigenvalue weighted by molar-refractivity contribution is -0.121. The maximum absolute atomic E-state index is 12.5. The molecule has 2 aliphatic rings. The number of carbonyl (C=O) groups is 1. The van der Waals surface area contributed by atoms with Gasteiger partial charge in [-0.3, -0.25) is 4.79 Å². The van der Waals surface area contributed by atoms with Gasteiger partial charge in [0.25, 0.3) is 0 Å². The normalized spacial score (nSPS) is 19.1. The molecule has 0 aliphatic carbocycles. The number of hydrogen-bond donors (Lipinski definition) is 1. The fourth-order valence-corrected chi connectivity index (χ4v) is 3.37. The molecule has 1 amide bonds. The predicted octanol–water partition coefficient (Wildman–Crippen LogP) is 1.67. The van der Waals surface area contributed by atoms with Crippen LogP contribution >= 0.6 is 0 Å². The lowest BCUT2D eigenvalue weighted by atomic mass is 9.74. The molecule has 1 fully saturated rings. The summed E-state index contributed by atoms with van der Waals surface area (Å²) in [4.78, 5) is 27.7. The SMILES string of the molecule is Cc1cnc(N2CCC3(CC2)C(=O)Nc2ncccc23)nc1. The molecule has 2 aromatic rings. The Bertz CT molecular complexity index is 720. The van der Waals surface area contributed by atoms with Gasteiger partial charge in [-0.25, -0.2) is 15.0 Å². The molecular weight excluding hydrogens is 278 g/mol. The van der Waals surface area contributed by atoms with Crippen LogP contribution in [0.25, 0.3) is 0 Å². The minimum atomic E-state index is -0.440. The van der Waals surface area contributed by atoms with Crippen molar-refractivity contribution in [2.45, 2.75) is 25.2 Å².